The molecular formula is C20H23ClN2O2. The third-order valence-electron chi connectivity index (χ3n) is 4.63. The standard InChI is InChI=1S/C20H23ClN2O2/c1-25-19-13-7-6-11-17(19)22-20(24)23-14-8-2-3-12-18(23)15-9-4-5-10-16(15)21/h4-7,9-11,13,18H,2-3,8,12,14H2,1H3,(H,22,24)/t18-/m1/s1. The van der Waals surface area contributed by atoms with Crippen molar-refractivity contribution in [3.63, 3.8) is 0 Å². The topological polar surface area (TPSA) is 41.6 Å². The third kappa shape index (κ3) is 4.07. The van der Waals surface area contributed by atoms with Crippen molar-refractivity contribution in [2.24, 2.45) is 0 Å². The molecule has 132 valence electrons. The number of methoxy groups -OCH3 is 1. The van der Waals surface area contributed by atoms with Crippen molar-refractivity contribution in [3.8, 4) is 5.75 Å². The van der Waals surface area contributed by atoms with E-state index in [0.717, 1.165) is 37.8 Å². The van der Waals surface area contributed by atoms with Gasteiger partial charge >= 0.3 is 6.03 Å². The molecule has 0 aliphatic carbocycles. The Morgan fingerprint density at radius 3 is 2.68 bits per heavy atom. The molecule has 1 aliphatic heterocycles. The van der Waals surface area contributed by atoms with Gasteiger partial charge in [0.1, 0.15) is 5.75 Å². The molecule has 0 spiro atoms. The highest BCUT2D eigenvalue weighted by Gasteiger charge is 2.28. The summed E-state index contributed by atoms with van der Waals surface area (Å²) in [6.07, 6.45) is 4.14. The zero-order valence-electron chi connectivity index (χ0n) is 14.4. The first-order valence-corrected chi connectivity index (χ1v) is 9.03. The van der Waals surface area contributed by atoms with Crippen LogP contribution in [0.25, 0.3) is 0 Å². The highest BCUT2D eigenvalue weighted by Crippen LogP contribution is 2.35. The van der Waals surface area contributed by atoms with Gasteiger partial charge in [0.2, 0.25) is 0 Å². The molecule has 2 aromatic rings. The van der Waals surface area contributed by atoms with Crippen LogP contribution in [0.5, 0.6) is 5.75 Å². The van der Waals surface area contributed by atoms with Gasteiger partial charge < -0.3 is 15.0 Å². The fraction of sp³-hybridized carbons (Fsp3) is 0.350. The molecule has 0 saturated carbocycles. The van der Waals surface area contributed by atoms with Crippen LogP contribution in [0.1, 0.15) is 37.3 Å². The number of urea groups is 1. The van der Waals surface area contributed by atoms with Gasteiger partial charge in [-0.2, -0.15) is 0 Å². The predicted molar refractivity (Wildman–Crippen MR) is 101 cm³/mol. The molecule has 1 heterocycles. The summed E-state index contributed by atoms with van der Waals surface area (Å²) in [5, 5.41) is 3.71. The van der Waals surface area contributed by atoms with E-state index in [1.54, 1.807) is 7.11 Å². The van der Waals surface area contributed by atoms with Gasteiger partial charge in [0.25, 0.3) is 0 Å². The van der Waals surface area contributed by atoms with Gasteiger partial charge in [-0.3, -0.25) is 0 Å². The van der Waals surface area contributed by atoms with Crippen molar-refractivity contribution < 1.29 is 9.53 Å². The highest BCUT2D eigenvalue weighted by atomic mass is 35.5. The number of carbonyl (C=O) groups is 1. The molecule has 5 heteroatoms. The Hall–Kier alpha value is -2.20. The number of carbonyl (C=O) groups excluding carboxylic acids is 1. The molecule has 1 aliphatic rings. The summed E-state index contributed by atoms with van der Waals surface area (Å²) >= 11 is 6.41. The molecule has 0 aromatic heterocycles. The maximum absolute atomic E-state index is 13.0. The Morgan fingerprint density at radius 2 is 1.88 bits per heavy atom. The predicted octanol–water partition coefficient (Wildman–Crippen LogP) is 5.50. The van der Waals surface area contributed by atoms with Crippen molar-refractivity contribution in [1.29, 1.82) is 0 Å². The number of likely N-dealkylation sites (tertiary alicyclic amines) is 1. The molecule has 1 N–H and O–H groups in total. The molecule has 2 amide bonds. The van der Waals surface area contributed by atoms with Crippen molar-refractivity contribution >= 4 is 23.3 Å². The summed E-state index contributed by atoms with van der Waals surface area (Å²) in [4.78, 5) is 14.9. The lowest BCUT2D eigenvalue weighted by Crippen LogP contribution is -2.38. The Morgan fingerprint density at radius 1 is 1.12 bits per heavy atom. The number of halogens is 1. The van der Waals surface area contributed by atoms with Gasteiger partial charge in [-0.05, 0) is 36.6 Å². The summed E-state index contributed by atoms with van der Waals surface area (Å²) < 4.78 is 5.33. The van der Waals surface area contributed by atoms with E-state index >= 15 is 0 Å². The van der Waals surface area contributed by atoms with Gasteiger partial charge in [-0.15, -0.1) is 0 Å². The SMILES string of the molecule is COc1ccccc1NC(=O)N1CCCCC[C@@H]1c1ccccc1Cl. The van der Waals surface area contributed by atoms with Crippen LogP contribution >= 0.6 is 11.6 Å². The number of nitrogens with zero attached hydrogens (tertiary/aromatic N) is 1. The monoisotopic (exact) mass is 358 g/mol. The van der Waals surface area contributed by atoms with Crippen molar-refractivity contribution in [1.82, 2.24) is 4.90 Å². The van der Waals surface area contributed by atoms with Crippen LogP contribution in [0.2, 0.25) is 5.02 Å². The van der Waals surface area contributed by atoms with E-state index in [2.05, 4.69) is 5.32 Å². The molecule has 3 rings (SSSR count). The summed E-state index contributed by atoms with van der Waals surface area (Å²) in [6.45, 7) is 0.719. The molecular weight excluding hydrogens is 336 g/mol. The number of rotatable bonds is 3. The van der Waals surface area contributed by atoms with E-state index in [9.17, 15) is 4.79 Å². The first-order chi connectivity index (χ1) is 12.2. The molecule has 0 radical (unpaired) electrons. The number of amides is 2. The number of hydrogen-bond acceptors (Lipinski definition) is 2. The minimum Gasteiger partial charge on any atom is -0.495 e. The van der Waals surface area contributed by atoms with Crippen LogP contribution in [0.3, 0.4) is 0 Å². The summed E-state index contributed by atoms with van der Waals surface area (Å²) in [7, 11) is 1.60. The van der Waals surface area contributed by atoms with Gasteiger partial charge in [-0.1, -0.05) is 54.8 Å². The lowest BCUT2D eigenvalue weighted by Gasteiger charge is -2.31. The Bertz CT molecular complexity index is 735. The Labute approximate surface area is 153 Å². The fourth-order valence-corrected chi connectivity index (χ4v) is 3.62. The molecule has 1 atom stereocenters. The van der Waals surface area contributed by atoms with Crippen LogP contribution < -0.4 is 10.1 Å². The van der Waals surface area contributed by atoms with Crippen molar-refractivity contribution in [2.45, 2.75) is 31.7 Å². The normalized spacial score (nSPS) is 17.7. The van der Waals surface area contributed by atoms with Crippen molar-refractivity contribution in [3.05, 3.63) is 59.1 Å². The van der Waals surface area contributed by atoms with E-state index in [1.807, 2.05) is 53.4 Å². The number of hydrogen-bond donors (Lipinski definition) is 1. The molecule has 2 aromatic carbocycles. The van der Waals surface area contributed by atoms with Crippen LogP contribution in [0, 0.1) is 0 Å². The lowest BCUT2D eigenvalue weighted by atomic mass is 10.0. The van der Waals surface area contributed by atoms with Gasteiger partial charge in [0, 0.05) is 11.6 Å². The van der Waals surface area contributed by atoms with Crippen molar-refractivity contribution in [2.75, 3.05) is 19.0 Å². The lowest BCUT2D eigenvalue weighted by molar-refractivity contribution is 0.189. The van der Waals surface area contributed by atoms with Gasteiger partial charge in [0.15, 0.2) is 0 Å². The number of ether oxygens (including phenoxy) is 1. The van der Waals surface area contributed by atoms with E-state index in [0.29, 0.717) is 16.5 Å². The number of anilines is 1. The highest BCUT2D eigenvalue weighted by molar-refractivity contribution is 6.31. The average Bonchev–Trinajstić information content (AvgIpc) is 2.88. The van der Waals surface area contributed by atoms with E-state index in [1.165, 1.54) is 0 Å². The maximum atomic E-state index is 13.0. The van der Waals surface area contributed by atoms with E-state index < -0.39 is 0 Å². The van der Waals surface area contributed by atoms with Crippen LogP contribution in [0.4, 0.5) is 10.5 Å². The second kappa shape index (κ2) is 8.26. The van der Waals surface area contributed by atoms with Crippen LogP contribution in [-0.4, -0.2) is 24.6 Å². The van der Waals surface area contributed by atoms with E-state index in [4.69, 9.17) is 16.3 Å². The summed E-state index contributed by atoms with van der Waals surface area (Å²) in [5.41, 5.74) is 1.69. The molecule has 0 unspecified atom stereocenters. The summed E-state index contributed by atoms with van der Waals surface area (Å²) in [5.74, 6) is 0.653. The Balaban J connectivity index is 1.86. The first-order valence-electron chi connectivity index (χ1n) is 8.66. The number of para-hydroxylation sites is 2. The third-order valence-corrected chi connectivity index (χ3v) is 4.97. The van der Waals surface area contributed by atoms with Gasteiger partial charge in [0.05, 0.1) is 18.8 Å². The smallest absolute Gasteiger partial charge is 0.322 e. The second-order valence-corrected chi connectivity index (χ2v) is 6.62. The number of nitrogens with one attached hydrogen (secondary N) is 1. The molecule has 4 nitrogen and oxygen atoms in total. The average molecular weight is 359 g/mol. The first kappa shape index (κ1) is 17.6. The maximum Gasteiger partial charge on any atom is 0.322 e. The second-order valence-electron chi connectivity index (χ2n) is 6.21. The van der Waals surface area contributed by atoms with Crippen LogP contribution in [-0.2, 0) is 0 Å². The minimum atomic E-state index is -0.115. The largest absolute Gasteiger partial charge is 0.495 e. The zero-order chi connectivity index (χ0) is 17.6. The number of benzene rings is 2. The quantitative estimate of drug-likeness (QED) is 0.787. The summed E-state index contributed by atoms with van der Waals surface area (Å²) in [6, 6.07) is 15.1. The Kier molecular flexibility index (Phi) is 5.82. The molecule has 1 fully saturated rings. The fourth-order valence-electron chi connectivity index (χ4n) is 3.36. The molecule has 25 heavy (non-hydrogen) atoms. The van der Waals surface area contributed by atoms with E-state index in [-0.39, 0.29) is 12.1 Å². The molecule has 0 bridgehead atoms. The van der Waals surface area contributed by atoms with Gasteiger partial charge in [-0.25, -0.2) is 4.79 Å². The van der Waals surface area contributed by atoms with Crippen LogP contribution in [0.15, 0.2) is 48.5 Å². The minimum absolute atomic E-state index is 0.00842. The molecule has 1 saturated heterocycles. The zero-order valence-corrected chi connectivity index (χ0v) is 15.1.